The van der Waals surface area contributed by atoms with Crippen LogP contribution in [0.3, 0.4) is 0 Å². The molecule has 1 atom stereocenters. The van der Waals surface area contributed by atoms with Gasteiger partial charge >= 0.3 is 0 Å². The van der Waals surface area contributed by atoms with E-state index in [-0.39, 0.29) is 5.95 Å². The second kappa shape index (κ2) is 6.19. The number of rotatable bonds is 3. The van der Waals surface area contributed by atoms with E-state index in [2.05, 4.69) is 39.2 Å². The molecule has 2 aromatic rings. The molecule has 3 rings (SSSR count). The van der Waals surface area contributed by atoms with Crippen LogP contribution >= 0.6 is 0 Å². The lowest BCUT2D eigenvalue weighted by Gasteiger charge is -2.34. The molecule has 0 aliphatic carbocycles. The lowest BCUT2D eigenvalue weighted by molar-refractivity contribution is 0.481. The zero-order chi connectivity index (χ0) is 15.5. The van der Waals surface area contributed by atoms with Crippen LogP contribution in [0.4, 0.5) is 17.6 Å². The molecule has 116 valence electrons. The summed E-state index contributed by atoms with van der Waals surface area (Å²) in [5.74, 6) is 1.57. The molecule has 6 nitrogen and oxygen atoms in total. The van der Waals surface area contributed by atoms with E-state index < -0.39 is 0 Å². The first-order valence-electron chi connectivity index (χ1n) is 7.57. The molecule has 1 fully saturated rings. The van der Waals surface area contributed by atoms with E-state index in [1.54, 1.807) is 0 Å². The Bertz CT molecular complexity index is 643. The molecule has 1 aromatic heterocycles. The molecule has 5 N–H and O–H groups in total. The maximum atomic E-state index is 6.14. The first kappa shape index (κ1) is 14.6. The maximum Gasteiger partial charge on any atom is 0.223 e. The van der Waals surface area contributed by atoms with E-state index >= 15 is 0 Å². The molecule has 1 aromatic carbocycles. The van der Waals surface area contributed by atoms with Crippen molar-refractivity contribution < 1.29 is 0 Å². The van der Waals surface area contributed by atoms with Crippen molar-refractivity contribution in [2.24, 2.45) is 0 Å². The van der Waals surface area contributed by atoms with Crippen LogP contribution < -0.4 is 21.7 Å². The fourth-order valence-corrected chi connectivity index (χ4v) is 2.86. The highest BCUT2D eigenvalue weighted by atomic mass is 15.3. The maximum absolute atomic E-state index is 6.14. The van der Waals surface area contributed by atoms with Gasteiger partial charge in [0, 0.05) is 37.7 Å². The molecule has 0 spiro atoms. The Labute approximate surface area is 130 Å². The summed E-state index contributed by atoms with van der Waals surface area (Å²) in [5.41, 5.74) is 14.1. The Morgan fingerprint density at radius 2 is 2.00 bits per heavy atom. The third-order valence-corrected chi connectivity index (χ3v) is 3.93. The summed E-state index contributed by atoms with van der Waals surface area (Å²) in [6.07, 6.45) is 0.709. The average Bonchev–Trinajstić information content (AvgIpc) is 2.51. The second-order valence-corrected chi connectivity index (χ2v) is 5.73. The Kier molecular flexibility index (Phi) is 4.11. The first-order chi connectivity index (χ1) is 10.6. The molecule has 22 heavy (non-hydrogen) atoms. The van der Waals surface area contributed by atoms with Gasteiger partial charge in [0.05, 0.1) is 0 Å². The fraction of sp³-hybridized carbons (Fsp3) is 0.375. The van der Waals surface area contributed by atoms with Crippen molar-refractivity contribution in [1.82, 2.24) is 15.3 Å². The van der Waals surface area contributed by atoms with Crippen molar-refractivity contribution in [1.29, 1.82) is 0 Å². The zero-order valence-electron chi connectivity index (χ0n) is 12.8. The number of aromatic nitrogens is 2. The van der Waals surface area contributed by atoms with Crippen LogP contribution in [0.25, 0.3) is 0 Å². The Balaban J connectivity index is 1.97. The monoisotopic (exact) mass is 298 g/mol. The standard InChI is InChI=1S/C16H22N6/c1-11-10-22(8-7-19-11)15-13(14(17)20-16(18)21-15)9-12-5-3-2-4-6-12/h2-6,11,19H,7-10H2,1H3,(H4,17,18,20,21)/t11-/m1/s1. The fourth-order valence-electron chi connectivity index (χ4n) is 2.86. The van der Waals surface area contributed by atoms with Crippen LogP contribution in [-0.4, -0.2) is 35.6 Å². The highest BCUT2D eigenvalue weighted by molar-refractivity contribution is 5.61. The minimum absolute atomic E-state index is 0.232. The van der Waals surface area contributed by atoms with Crippen molar-refractivity contribution in [3.05, 3.63) is 41.5 Å². The number of anilines is 3. The third-order valence-electron chi connectivity index (χ3n) is 3.93. The summed E-state index contributed by atoms with van der Waals surface area (Å²) in [7, 11) is 0. The van der Waals surface area contributed by atoms with Crippen molar-refractivity contribution in [2.75, 3.05) is 36.0 Å². The van der Waals surface area contributed by atoms with Crippen LogP contribution in [0.2, 0.25) is 0 Å². The van der Waals surface area contributed by atoms with Gasteiger partial charge in [-0.15, -0.1) is 0 Å². The van der Waals surface area contributed by atoms with E-state index in [0.717, 1.165) is 31.0 Å². The summed E-state index contributed by atoms with van der Waals surface area (Å²) in [4.78, 5) is 10.9. The van der Waals surface area contributed by atoms with Crippen LogP contribution in [0, 0.1) is 0 Å². The summed E-state index contributed by atoms with van der Waals surface area (Å²) in [5, 5.41) is 3.43. The first-order valence-corrected chi connectivity index (χ1v) is 7.57. The summed E-state index contributed by atoms with van der Waals surface area (Å²) >= 11 is 0. The van der Waals surface area contributed by atoms with Crippen LogP contribution in [-0.2, 0) is 6.42 Å². The van der Waals surface area contributed by atoms with E-state index in [4.69, 9.17) is 11.5 Å². The van der Waals surface area contributed by atoms with E-state index in [1.165, 1.54) is 5.56 Å². The van der Waals surface area contributed by atoms with Gasteiger partial charge in [-0.25, -0.2) is 0 Å². The number of hydrogen-bond acceptors (Lipinski definition) is 6. The van der Waals surface area contributed by atoms with Crippen molar-refractivity contribution in [3.8, 4) is 0 Å². The minimum Gasteiger partial charge on any atom is -0.383 e. The van der Waals surface area contributed by atoms with Crippen molar-refractivity contribution in [2.45, 2.75) is 19.4 Å². The molecule has 6 heteroatoms. The quantitative estimate of drug-likeness (QED) is 0.784. The largest absolute Gasteiger partial charge is 0.383 e. The van der Waals surface area contributed by atoms with Crippen molar-refractivity contribution in [3.63, 3.8) is 0 Å². The Hall–Kier alpha value is -2.34. The van der Waals surface area contributed by atoms with Gasteiger partial charge in [-0.3, -0.25) is 0 Å². The zero-order valence-corrected chi connectivity index (χ0v) is 12.8. The summed E-state index contributed by atoms with van der Waals surface area (Å²) < 4.78 is 0. The Morgan fingerprint density at radius 3 is 2.73 bits per heavy atom. The van der Waals surface area contributed by atoms with E-state index in [0.29, 0.717) is 18.3 Å². The lowest BCUT2D eigenvalue weighted by atomic mass is 10.0. The van der Waals surface area contributed by atoms with Gasteiger partial charge in [0.25, 0.3) is 0 Å². The predicted molar refractivity (Wildman–Crippen MR) is 89.8 cm³/mol. The van der Waals surface area contributed by atoms with Gasteiger partial charge in [-0.05, 0) is 12.5 Å². The normalized spacial score (nSPS) is 18.4. The Morgan fingerprint density at radius 1 is 1.23 bits per heavy atom. The van der Waals surface area contributed by atoms with Gasteiger partial charge < -0.3 is 21.7 Å². The molecule has 2 heterocycles. The molecule has 0 unspecified atom stereocenters. The minimum atomic E-state index is 0.232. The molecule has 0 amide bonds. The number of nitrogens with one attached hydrogen (secondary N) is 1. The van der Waals surface area contributed by atoms with Gasteiger partial charge in [-0.2, -0.15) is 9.97 Å². The van der Waals surface area contributed by atoms with Gasteiger partial charge in [0.2, 0.25) is 5.95 Å². The molecule has 0 bridgehead atoms. The number of hydrogen-bond donors (Lipinski definition) is 3. The van der Waals surface area contributed by atoms with Gasteiger partial charge in [-0.1, -0.05) is 30.3 Å². The average molecular weight is 298 g/mol. The topological polar surface area (TPSA) is 93.1 Å². The van der Waals surface area contributed by atoms with E-state index in [1.807, 2.05) is 18.2 Å². The molecule has 0 saturated carbocycles. The van der Waals surface area contributed by atoms with Crippen LogP contribution in [0.1, 0.15) is 18.1 Å². The van der Waals surface area contributed by atoms with Gasteiger partial charge in [0.1, 0.15) is 11.6 Å². The number of nitrogens with zero attached hydrogens (tertiary/aromatic N) is 3. The SMILES string of the molecule is C[C@@H]1CN(c2nc(N)nc(N)c2Cc2ccccc2)CCN1. The molecular weight excluding hydrogens is 276 g/mol. The number of benzene rings is 1. The second-order valence-electron chi connectivity index (χ2n) is 5.73. The molecule has 1 aliphatic rings. The third kappa shape index (κ3) is 3.12. The summed E-state index contributed by atoms with van der Waals surface area (Å²) in [6.45, 7) is 4.87. The van der Waals surface area contributed by atoms with E-state index in [9.17, 15) is 0 Å². The lowest BCUT2D eigenvalue weighted by Crippen LogP contribution is -2.50. The molecule has 0 radical (unpaired) electrons. The highest BCUT2D eigenvalue weighted by Crippen LogP contribution is 2.27. The number of nitrogens with two attached hydrogens (primary N) is 2. The number of piperazine rings is 1. The summed E-state index contributed by atoms with van der Waals surface area (Å²) in [6, 6.07) is 10.6. The van der Waals surface area contributed by atoms with Crippen molar-refractivity contribution >= 4 is 17.6 Å². The smallest absolute Gasteiger partial charge is 0.223 e. The molecule has 1 aliphatic heterocycles. The molecule has 1 saturated heterocycles. The highest BCUT2D eigenvalue weighted by Gasteiger charge is 2.22. The molecular formula is C16H22N6. The predicted octanol–water partition coefficient (Wildman–Crippen LogP) is 1.03. The van der Waals surface area contributed by atoms with Crippen LogP contribution in [0.5, 0.6) is 0 Å². The van der Waals surface area contributed by atoms with Crippen LogP contribution in [0.15, 0.2) is 30.3 Å². The van der Waals surface area contributed by atoms with Gasteiger partial charge in [0.15, 0.2) is 0 Å². The number of nitrogen functional groups attached to an aromatic ring is 2.